The molecule has 13 heavy (non-hydrogen) atoms. The van der Waals surface area contributed by atoms with Gasteiger partial charge in [0.15, 0.2) is 0 Å². The number of nitrogens with zero attached hydrogens (tertiary/aromatic N) is 1. The molecule has 1 heterocycles. The summed E-state index contributed by atoms with van der Waals surface area (Å²) in [5, 5.41) is 8.66. The number of pyridine rings is 1. The third-order valence-corrected chi connectivity index (χ3v) is 2.89. The number of hydrogen-bond donors (Lipinski definition) is 1. The Morgan fingerprint density at radius 1 is 1.54 bits per heavy atom. The van der Waals surface area contributed by atoms with Crippen LogP contribution in [0.25, 0.3) is 0 Å². The first-order valence-electron chi connectivity index (χ1n) is 3.66. The van der Waals surface area contributed by atoms with Gasteiger partial charge in [-0.2, -0.15) is 0 Å². The van der Waals surface area contributed by atoms with Crippen LogP contribution in [0, 0.1) is 0 Å². The average molecular weight is 199 g/mol. The molecule has 4 nitrogen and oxygen atoms in total. The zero-order chi connectivity index (χ0) is 10.1. The third-order valence-electron chi connectivity index (χ3n) is 1.54. The molecular weight excluding hydrogens is 189 g/mol. The topological polar surface area (TPSA) is 67.3 Å². The van der Waals surface area contributed by atoms with Gasteiger partial charge in [0.1, 0.15) is 12.6 Å². The fourth-order valence-electron chi connectivity index (χ4n) is 0.846. The first kappa shape index (κ1) is 9.93. The molecule has 1 aromatic heterocycles. The van der Waals surface area contributed by atoms with E-state index in [9.17, 15) is 9.36 Å². The monoisotopic (exact) mass is 199 g/mol. The van der Waals surface area contributed by atoms with Crippen LogP contribution < -0.4 is 5.44 Å². The molecular formula is C8H10NO3P. The maximum atomic E-state index is 11.5. The standard InChI is InChI=1S/C8H10NO3P/c1-13(2,12)7-5-6(8(10)11)3-4-9-7/h3-5H,1-2H3,(H,10,11). The molecule has 70 valence electrons. The second kappa shape index (κ2) is 3.30. The van der Waals surface area contributed by atoms with Crippen molar-refractivity contribution in [3.63, 3.8) is 0 Å². The summed E-state index contributed by atoms with van der Waals surface area (Å²) in [6.45, 7) is 3.11. The Morgan fingerprint density at radius 3 is 2.62 bits per heavy atom. The van der Waals surface area contributed by atoms with Crippen molar-refractivity contribution in [3.05, 3.63) is 23.9 Å². The average Bonchev–Trinajstić information content (AvgIpc) is 2.03. The molecule has 0 aliphatic rings. The van der Waals surface area contributed by atoms with Crippen LogP contribution in [0.4, 0.5) is 0 Å². The predicted molar refractivity (Wildman–Crippen MR) is 50.3 cm³/mol. The molecule has 5 heteroatoms. The zero-order valence-electron chi connectivity index (χ0n) is 7.39. The lowest BCUT2D eigenvalue weighted by Gasteiger charge is -2.05. The van der Waals surface area contributed by atoms with Crippen LogP contribution in [0.1, 0.15) is 10.4 Å². The van der Waals surface area contributed by atoms with Gasteiger partial charge in [0.25, 0.3) is 0 Å². The summed E-state index contributed by atoms with van der Waals surface area (Å²) >= 11 is 0. The van der Waals surface area contributed by atoms with Gasteiger partial charge in [0, 0.05) is 6.20 Å². The molecule has 0 saturated carbocycles. The molecule has 1 aromatic rings. The zero-order valence-corrected chi connectivity index (χ0v) is 8.28. The summed E-state index contributed by atoms with van der Waals surface area (Å²) in [6, 6.07) is 2.73. The van der Waals surface area contributed by atoms with Crippen molar-refractivity contribution in [2.45, 2.75) is 0 Å². The molecule has 1 N–H and O–H groups in total. The first-order valence-corrected chi connectivity index (χ1v) is 6.26. The number of hydrogen-bond acceptors (Lipinski definition) is 3. The molecule has 0 unspecified atom stereocenters. The van der Waals surface area contributed by atoms with Gasteiger partial charge in [-0.25, -0.2) is 4.79 Å². The van der Waals surface area contributed by atoms with Crippen LogP contribution in [-0.2, 0) is 4.57 Å². The second-order valence-electron chi connectivity index (χ2n) is 3.06. The number of aromatic carboxylic acids is 1. The van der Waals surface area contributed by atoms with Crippen LogP contribution >= 0.6 is 7.14 Å². The highest BCUT2D eigenvalue weighted by molar-refractivity contribution is 7.69. The quantitative estimate of drug-likeness (QED) is 0.722. The maximum absolute atomic E-state index is 11.5. The Morgan fingerprint density at radius 2 is 2.15 bits per heavy atom. The predicted octanol–water partition coefficient (Wildman–Crippen LogP) is 1.03. The van der Waals surface area contributed by atoms with Gasteiger partial charge < -0.3 is 9.67 Å². The van der Waals surface area contributed by atoms with E-state index in [4.69, 9.17) is 5.11 Å². The fraction of sp³-hybridized carbons (Fsp3) is 0.250. The summed E-state index contributed by atoms with van der Waals surface area (Å²) in [6.07, 6.45) is 1.36. The highest BCUT2D eigenvalue weighted by Crippen LogP contribution is 2.33. The van der Waals surface area contributed by atoms with E-state index in [1.54, 1.807) is 13.3 Å². The minimum atomic E-state index is -2.46. The fourth-order valence-corrected chi connectivity index (χ4v) is 1.64. The number of carboxylic acid groups (broad SMARTS) is 1. The van der Waals surface area contributed by atoms with E-state index in [2.05, 4.69) is 4.98 Å². The third kappa shape index (κ3) is 2.39. The van der Waals surface area contributed by atoms with Gasteiger partial charge >= 0.3 is 5.97 Å². The van der Waals surface area contributed by atoms with Crippen molar-refractivity contribution < 1.29 is 14.5 Å². The largest absolute Gasteiger partial charge is 0.478 e. The smallest absolute Gasteiger partial charge is 0.335 e. The molecule has 1 rings (SSSR count). The lowest BCUT2D eigenvalue weighted by Crippen LogP contribution is -2.10. The lowest BCUT2D eigenvalue weighted by atomic mass is 10.3. The summed E-state index contributed by atoms with van der Waals surface area (Å²) < 4.78 is 11.5. The molecule has 0 bridgehead atoms. The Hall–Kier alpha value is -1.15. The van der Waals surface area contributed by atoms with Crippen LogP contribution in [0.15, 0.2) is 18.3 Å². The molecule has 0 radical (unpaired) electrons. The molecule has 0 aliphatic carbocycles. The van der Waals surface area contributed by atoms with E-state index < -0.39 is 13.1 Å². The van der Waals surface area contributed by atoms with Crippen molar-refractivity contribution in [2.24, 2.45) is 0 Å². The van der Waals surface area contributed by atoms with Crippen molar-refractivity contribution in [3.8, 4) is 0 Å². The molecule has 0 aromatic carbocycles. The molecule has 0 fully saturated rings. The van der Waals surface area contributed by atoms with E-state index in [0.717, 1.165) is 0 Å². The molecule has 0 atom stereocenters. The molecule has 0 aliphatic heterocycles. The van der Waals surface area contributed by atoms with Crippen LogP contribution in [-0.4, -0.2) is 29.4 Å². The van der Waals surface area contributed by atoms with Crippen LogP contribution in [0.5, 0.6) is 0 Å². The first-order chi connectivity index (χ1) is 5.91. The van der Waals surface area contributed by atoms with Gasteiger partial charge in [-0.3, -0.25) is 4.98 Å². The number of carboxylic acids is 1. The van der Waals surface area contributed by atoms with Gasteiger partial charge in [0.2, 0.25) is 0 Å². The van der Waals surface area contributed by atoms with Crippen molar-refractivity contribution >= 4 is 18.5 Å². The Bertz CT molecular complexity index is 383. The highest BCUT2D eigenvalue weighted by Gasteiger charge is 2.14. The lowest BCUT2D eigenvalue weighted by molar-refractivity contribution is 0.0697. The van der Waals surface area contributed by atoms with E-state index >= 15 is 0 Å². The van der Waals surface area contributed by atoms with Crippen LogP contribution in [0.2, 0.25) is 0 Å². The Labute approximate surface area is 76.0 Å². The van der Waals surface area contributed by atoms with Crippen LogP contribution in [0.3, 0.4) is 0 Å². The summed E-state index contributed by atoms with van der Waals surface area (Å²) in [5.74, 6) is -1.03. The minimum Gasteiger partial charge on any atom is -0.478 e. The number of rotatable bonds is 2. The van der Waals surface area contributed by atoms with Gasteiger partial charge in [0.05, 0.1) is 5.56 Å². The summed E-state index contributed by atoms with van der Waals surface area (Å²) in [4.78, 5) is 14.4. The normalized spacial score (nSPS) is 11.2. The number of carbonyl (C=O) groups is 1. The second-order valence-corrected chi connectivity index (χ2v) is 6.22. The van der Waals surface area contributed by atoms with Crippen molar-refractivity contribution in [2.75, 3.05) is 13.3 Å². The van der Waals surface area contributed by atoms with Gasteiger partial charge in [-0.1, -0.05) is 0 Å². The highest BCUT2D eigenvalue weighted by atomic mass is 31.2. The molecule has 0 spiro atoms. The van der Waals surface area contributed by atoms with Crippen molar-refractivity contribution in [1.29, 1.82) is 0 Å². The Kier molecular flexibility index (Phi) is 2.52. The summed E-state index contributed by atoms with van der Waals surface area (Å²) in [7, 11) is -2.46. The van der Waals surface area contributed by atoms with E-state index in [-0.39, 0.29) is 5.56 Å². The van der Waals surface area contributed by atoms with Crippen molar-refractivity contribution in [1.82, 2.24) is 4.98 Å². The number of aromatic nitrogens is 1. The molecule has 0 amide bonds. The summed E-state index contributed by atoms with van der Waals surface area (Å²) in [5.41, 5.74) is 0.473. The van der Waals surface area contributed by atoms with E-state index in [0.29, 0.717) is 5.44 Å². The Balaban J connectivity index is 3.21. The van der Waals surface area contributed by atoms with Gasteiger partial charge in [-0.15, -0.1) is 0 Å². The van der Waals surface area contributed by atoms with E-state index in [1.807, 2.05) is 0 Å². The van der Waals surface area contributed by atoms with Gasteiger partial charge in [-0.05, 0) is 25.5 Å². The molecule has 0 saturated heterocycles. The maximum Gasteiger partial charge on any atom is 0.335 e. The SMILES string of the molecule is CP(C)(=O)c1cc(C(=O)O)ccn1. The van der Waals surface area contributed by atoms with E-state index in [1.165, 1.54) is 18.3 Å². The minimum absolute atomic E-state index is 0.119.